The van der Waals surface area contributed by atoms with Gasteiger partial charge in [0.25, 0.3) is 0 Å². The van der Waals surface area contributed by atoms with Gasteiger partial charge in [0.15, 0.2) is 5.82 Å². The molecule has 0 atom stereocenters. The minimum Gasteiger partial charge on any atom is -0.389 e. The highest BCUT2D eigenvalue weighted by Gasteiger charge is 2.12. The first-order valence-electron chi connectivity index (χ1n) is 6.09. The molecule has 0 aliphatic carbocycles. The SMILES string of the molecule is Cc1nnc(NCCCCC(N)=O)c(C(N)=S)c1C. The van der Waals surface area contributed by atoms with E-state index >= 15 is 0 Å². The Morgan fingerprint density at radius 1 is 1.26 bits per heavy atom. The predicted octanol–water partition coefficient (Wildman–Crippen LogP) is 0.795. The van der Waals surface area contributed by atoms with Gasteiger partial charge in [-0.1, -0.05) is 12.2 Å². The predicted molar refractivity (Wildman–Crippen MR) is 78.9 cm³/mol. The summed E-state index contributed by atoms with van der Waals surface area (Å²) in [7, 11) is 0. The van der Waals surface area contributed by atoms with Crippen molar-refractivity contribution in [1.29, 1.82) is 0 Å². The number of thiocarbonyl (C=S) groups is 1. The molecular formula is C12H19N5OS. The third-order valence-corrected chi connectivity index (χ3v) is 3.05. The lowest BCUT2D eigenvalue weighted by Gasteiger charge is -2.12. The number of carbonyl (C=O) groups is 1. The van der Waals surface area contributed by atoms with Crippen molar-refractivity contribution in [2.75, 3.05) is 11.9 Å². The van der Waals surface area contributed by atoms with Crippen molar-refractivity contribution in [3.8, 4) is 0 Å². The Bertz CT molecular complexity index is 489. The summed E-state index contributed by atoms with van der Waals surface area (Å²) in [6, 6.07) is 0. The van der Waals surface area contributed by atoms with Crippen LogP contribution in [0.5, 0.6) is 0 Å². The fourth-order valence-corrected chi connectivity index (χ4v) is 1.91. The molecule has 104 valence electrons. The van der Waals surface area contributed by atoms with E-state index in [1.54, 1.807) is 0 Å². The molecule has 0 bridgehead atoms. The number of primary amides is 1. The Labute approximate surface area is 118 Å². The van der Waals surface area contributed by atoms with Gasteiger partial charge in [0.2, 0.25) is 5.91 Å². The molecule has 19 heavy (non-hydrogen) atoms. The number of nitrogens with zero attached hydrogens (tertiary/aromatic N) is 2. The largest absolute Gasteiger partial charge is 0.389 e. The Morgan fingerprint density at radius 2 is 1.95 bits per heavy atom. The zero-order valence-corrected chi connectivity index (χ0v) is 12.0. The second kappa shape index (κ2) is 6.98. The van der Waals surface area contributed by atoms with Gasteiger partial charge in [0.05, 0.1) is 11.3 Å². The van der Waals surface area contributed by atoms with Crippen LogP contribution < -0.4 is 16.8 Å². The minimum atomic E-state index is -0.283. The van der Waals surface area contributed by atoms with Crippen LogP contribution in [-0.2, 0) is 4.79 Å². The maximum atomic E-state index is 10.6. The van der Waals surface area contributed by atoms with Gasteiger partial charge in [-0.2, -0.15) is 5.10 Å². The molecule has 0 saturated heterocycles. The molecule has 7 heteroatoms. The first-order valence-corrected chi connectivity index (χ1v) is 6.50. The number of anilines is 1. The van der Waals surface area contributed by atoms with Gasteiger partial charge in [-0.15, -0.1) is 5.10 Å². The molecule has 0 aromatic carbocycles. The van der Waals surface area contributed by atoms with Crippen LogP contribution in [0.2, 0.25) is 0 Å². The number of amides is 1. The van der Waals surface area contributed by atoms with Crippen molar-refractivity contribution in [3.63, 3.8) is 0 Å². The summed E-state index contributed by atoms with van der Waals surface area (Å²) in [5, 5.41) is 11.3. The third kappa shape index (κ3) is 4.44. The van der Waals surface area contributed by atoms with E-state index in [0.29, 0.717) is 23.8 Å². The van der Waals surface area contributed by atoms with E-state index in [2.05, 4.69) is 15.5 Å². The average Bonchev–Trinajstić information content (AvgIpc) is 2.32. The minimum absolute atomic E-state index is 0.283. The van der Waals surface area contributed by atoms with Crippen LogP contribution in [0, 0.1) is 13.8 Å². The zero-order valence-electron chi connectivity index (χ0n) is 11.2. The first kappa shape index (κ1) is 15.3. The van der Waals surface area contributed by atoms with E-state index in [1.807, 2.05) is 13.8 Å². The van der Waals surface area contributed by atoms with Crippen molar-refractivity contribution in [1.82, 2.24) is 10.2 Å². The lowest BCUT2D eigenvalue weighted by Crippen LogP contribution is -2.18. The Kier molecular flexibility index (Phi) is 5.62. The number of aromatic nitrogens is 2. The summed E-state index contributed by atoms with van der Waals surface area (Å²) in [6.07, 6.45) is 1.94. The van der Waals surface area contributed by atoms with Gasteiger partial charge in [-0.05, 0) is 32.3 Å². The van der Waals surface area contributed by atoms with Crippen LogP contribution >= 0.6 is 12.2 Å². The molecule has 1 aromatic heterocycles. The molecule has 1 rings (SSSR count). The van der Waals surface area contributed by atoms with Gasteiger partial charge in [0.1, 0.15) is 4.99 Å². The standard InChI is InChI=1S/C12H19N5OS/c1-7-8(2)16-17-12(10(7)11(14)19)15-6-4-3-5-9(13)18/h3-6H2,1-2H3,(H2,13,18)(H2,14,19)(H,15,17). The molecule has 6 nitrogen and oxygen atoms in total. The fourth-order valence-electron chi connectivity index (χ4n) is 1.66. The molecule has 5 N–H and O–H groups in total. The second-order valence-corrected chi connectivity index (χ2v) is 4.79. The molecular weight excluding hydrogens is 262 g/mol. The maximum absolute atomic E-state index is 10.6. The normalized spacial score (nSPS) is 10.2. The average molecular weight is 281 g/mol. The highest BCUT2D eigenvalue weighted by Crippen LogP contribution is 2.18. The van der Waals surface area contributed by atoms with E-state index in [1.165, 1.54) is 0 Å². The van der Waals surface area contributed by atoms with E-state index in [-0.39, 0.29) is 5.91 Å². The van der Waals surface area contributed by atoms with Crippen molar-refractivity contribution in [2.45, 2.75) is 33.1 Å². The monoisotopic (exact) mass is 281 g/mol. The molecule has 0 aliphatic heterocycles. The van der Waals surface area contributed by atoms with Crippen molar-refractivity contribution < 1.29 is 4.79 Å². The topological polar surface area (TPSA) is 107 Å². The summed E-state index contributed by atoms with van der Waals surface area (Å²) in [5.41, 5.74) is 13.3. The van der Waals surface area contributed by atoms with Crippen LogP contribution in [0.15, 0.2) is 0 Å². The summed E-state index contributed by atoms with van der Waals surface area (Å²) in [6.45, 7) is 4.44. The molecule has 1 aromatic rings. The number of hydrogen-bond donors (Lipinski definition) is 3. The lowest BCUT2D eigenvalue weighted by molar-refractivity contribution is -0.118. The lowest BCUT2D eigenvalue weighted by atomic mass is 10.1. The van der Waals surface area contributed by atoms with E-state index in [9.17, 15) is 4.79 Å². The van der Waals surface area contributed by atoms with E-state index in [0.717, 1.165) is 29.7 Å². The van der Waals surface area contributed by atoms with E-state index in [4.69, 9.17) is 23.7 Å². The smallest absolute Gasteiger partial charge is 0.217 e. The van der Waals surface area contributed by atoms with Gasteiger partial charge < -0.3 is 16.8 Å². The Morgan fingerprint density at radius 3 is 2.53 bits per heavy atom. The number of hydrogen-bond acceptors (Lipinski definition) is 5. The number of nitrogens with two attached hydrogens (primary N) is 2. The summed E-state index contributed by atoms with van der Waals surface area (Å²) >= 11 is 5.04. The molecule has 1 amide bonds. The van der Waals surface area contributed by atoms with Gasteiger partial charge >= 0.3 is 0 Å². The molecule has 0 fully saturated rings. The molecule has 0 unspecified atom stereocenters. The van der Waals surface area contributed by atoms with E-state index < -0.39 is 0 Å². The van der Waals surface area contributed by atoms with Crippen LogP contribution in [0.4, 0.5) is 5.82 Å². The Hall–Kier alpha value is -1.76. The van der Waals surface area contributed by atoms with Crippen molar-refractivity contribution >= 4 is 28.9 Å². The van der Waals surface area contributed by atoms with Gasteiger partial charge in [-0.3, -0.25) is 4.79 Å². The number of carbonyl (C=O) groups excluding carboxylic acids is 1. The first-order chi connectivity index (χ1) is 8.93. The summed E-state index contributed by atoms with van der Waals surface area (Å²) < 4.78 is 0. The fraction of sp³-hybridized carbons (Fsp3) is 0.500. The maximum Gasteiger partial charge on any atom is 0.217 e. The second-order valence-electron chi connectivity index (χ2n) is 4.35. The van der Waals surface area contributed by atoms with Crippen LogP contribution in [0.1, 0.15) is 36.1 Å². The highest BCUT2D eigenvalue weighted by atomic mass is 32.1. The zero-order chi connectivity index (χ0) is 14.4. The van der Waals surface area contributed by atoms with Gasteiger partial charge in [-0.25, -0.2) is 0 Å². The molecule has 0 spiro atoms. The molecule has 0 aliphatic rings. The van der Waals surface area contributed by atoms with Crippen LogP contribution in [-0.4, -0.2) is 27.6 Å². The van der Waals surface area contributed by atoms with Gasteiger partial charge in [0, 0.05) is 13.0 Å². The number of aryl methyl sites for hydroxylation is 1. The summed E-state index contributed by atoms with van der Waals surface area (Å²) in [5.74, 6) is 0.310. The van der Waals surface area contributed by atoms with Crippen LogP contribution in [0.25, 0.3) is 0 Å². The molecule has 0 radical (unpaired) electrons. The number of rotatable bonds is 7. The van der Waals surface area contributed by atoms with Crippen molar-refractivity contribution in [2.24, 2.45) is 11.5 Å². The quantitative estimate of drug-likeness (QED) is 0.504. The Balaban J connectivity index is 2.66. The number of unbranched alkanes of at least 4 members (excludes halogenated alkanes) is 1. The third-order valence-electron chi connectivity index (χ3n) is 2.84. The van der Waals surface area contributed by atoms with Crippen molar-refractivity contribution in [3.05, 3.63) is 16.8 Å². The van der Waals surface area contributed by atoms with Crippen LogP contribution in [0.3, 0.4) is 0 Å². The molecule has 0 saturated carbocycles. The molecule has 1 heterocycles. The summed E-state index contributed by atoms with van der Waals surface area (Å²) in [4.78, 5) is 10.9. The number of nitrogens with one attached hydrogen (secondary N) is 1. The highest BCUT2D eigenvalue weighted by molar-refractivity contribution is 7.80.